The van der Waals surface area contributed by atoms with Crippen LogP contribution in [-0.2, 0) is 21.0 Å². The van der Waals surface area contributed by atoms with Crippen LogP contribution in [0.1, 0.15) is 29.7 Å². The number of pyridine rings is 2. The quantitative estimate of drug-likeness (QED) is 0.466. The third kappa shape index (κ3) is 4.00. The van der Waals surface area contributed by atoms with Crippen molar-refractivity contribution in [2.75, 3.05) is 24.2 Å². The van der Waals surface area contributed by atoms with Gasteiger partial charge in [-0.3, -0.25) is 0 Å². The van der Waals surface area contributed by atoms with E-state index in [4.69, 9.17) is 4.98 Å². The molecule has 0 atom stereocenters. The molecule has 6 nitrogen and oxygen atoms in total. The maximum absolute atomic E-state index is 11.5. The minimum atomic E-state index is -3.07. The molecule has 0 saturated carbocycles. The normalized spacial score (nSPS) is 16.3. The summed E-state index contributed by atoms with van der Waals surface area (Å²) in [6, 6.07) is 20.5. The van der Waals surface area contributed by atoms with Gasteiger partial charge in [-0.1, -0.05) is 42.5 Å². The number of nitrogens with zero attached hydrogens (tertiary/aromatic N) is 4. The molecule has 1 fully saturated rings. The Morgan fingerprint density at radius 2 is 1.72 bits per heavy atom. The number of hydrogen-bond acceptors (Lipinski definition) is 5. The van der Waals surface area contributed by atoms with Gasteiger partial charge in [0, 0.05) is 43.4 Å². The summed E-state index contributed by atoms with van der Waals surface area (Å²) in [7, 11) is -3.07. The van der Waals surface area contributed by atoms with E-state index in [-0.39, 0.29) is 11.2 Å². The van der Waals surface area contributed by atoms with Gasteiger partial charge in [0.2, 0.25) is 0 Å². The van der Waals surface area contributed by atoms with Gasteiger partial charge in [0.15, 0.2) is 9.84 Å². The van der Waals surface area contributed by atoms with Gasteiger partial charge in [-0.25, -0.2) is 18.4 Å². The number of hydrogen-bond donors (Lipinski definition) is 0. The highest BCUT2D eigenvalue weighted by Gasteiger charge is 2.40. The van der Waals surface area contributed by atoms with E-state index < -0.39 is 9.84 Å². The fraction of sp³-hybridized carbons (Fsp3) is 0.280. The zero-order valence-corrected chi connectivity index (χ0v) is 18.9. The highest BCUT2D eigenvalue weighted by atomic mass is 32.2. The lowest BCUT2D eigenvalue weighted by molar-refractivity contribution is 0.383. The molecule has 1 saturated heterocycles. The van der Waals surface area contributed by atoms with Gasteiger partial charge in [0.1, 0.15) is 11.5 Å². The maximum Gasteiger partial charge on any atom is 0.151 e. The first kappa shape index (κ1) is 20.7. The number of aromatic nitrogens is 3. The number of imidazole rings is 1. The van der Waals surface area contributed by atoms with Crippen molar-refractivity contribution in [3.05, 3.63) is 96.1 Å². The van der Waals surface area contributed by atoms with E-state index >= 15 is 0 Å². The van der Waals surface area contributed by atoms with Crippen molar-refractivity contribution < 1.29 is 8.42 Å². The van der Waals surface area contributed by atoms with Crippen LogP contribution in [0.4, 0.5) is 5.82 Å². The zero-order valence-electron chi connectivity index (χ0n) is 18.1. The molecule has 0 spiro atoms. The highest BCUT2D eigenvalue weighted by molar-refractivity contribution is 7.89. The number of piperidine rings is 1. The standard InChI is InChI=1S/C25H26N4O2S/c1-32(30,31)19-20-10-11-23(26-17-20)28-15-12-25(13-16-28,21-7-3-2-4-8-21)22-18-29-14-6-5-9-24(29)27-22/h2-11,14,17-18H,12-13,15-16,19H2,1H3. The van der Waals surface area contributed by atoms with Gasteiger partial charge in [0.25, 0.3) is 0 Å². The van der Waals surface area contributed by atoms with E-state index in [0.29, 0.717) is 0 Å². The molecule has 0 amide bonds. The Morgan fingerprint density at radius 1 is 0.969 bits per heavy atom. The molecule has 0 radical (unpaired) electrons. The largest absolute Gasteiger partial charge is 0.357 e. The molecular weight excluding hydrogens is 420 g/mol. The molecule has 0 bridgehead atoms. The summed E-state index contributed by atoms with van der Waals surface area (Å²) in [5, 5.41) is 0. The van der Waals surface area contributed by atoms with E-state index in [1.54, 1.807) is 6.20 Å². The molecule has 0 unspecified atom stereocenters. The van der Waals surface area contributed by atoms with Gasteiger partial charge >= 0.3 is 0 Å². The molecule has 1 aromatic carbocycles. The molecule has 4 heterocycles. The molecule has 7 heteroatoms. The van der Waals surface area contributed by atoms with Crippen LogP contribution in [0.2, 0.25) is 0 Å². The van der Waals surface area contributed by atoms with Crippen LogP contribution in [0.5, 0.6) is 0 Å². The molecule has 32 heavy (non-hydrogen) atoms. The van der Waals surface area contributed by atoms with Crippen molar-refractivity contribution in [2.24, 2.45) is 0 Å². The number of fused-ring (bicyclic) bond motifs is 1. The van der Waals surface area contributed by atoms with Crippen LogP contribution in [-0.4, -0.2) is 42.1 Å². The second-order valence-electron chi connectivity index (χ2n) is 8.62. The Hall–Kier alpha value is -3.19. The van der Waals surface area contributed by atoms with Crippen LogP contribution in [0, 0.1) is 0 Å². The van der Waals surface area contributed by atoms with Crippen LogP contribution >= 0.6 is 0 Å². The number of rotatable bonds is 5. The summed E-state index contributed by atoms with van der Waals surface area (Å²) in [6.07, 6.45) is 8.98. The average Bonchev–Trinajstić information content (AvgIpc) is 3.24. The Labute approximate surface area is 188 Å². The third-order valence-corrected chi connectivity index (χ3v) is 7.22. The van der Waals surface area contributed by atoms with Crippen molar-refractivity contribution in [1.82, 2.24) is 14.4 Å². The predicted molar refractivity (Wildman–Crippen MR) is 127 cm³/mol. The predicted octanol–water partition coefficient (Wildman–Crippen LogP) is 3.86. The summed E-state index contributed by atoms with van der Waals surface area (Å²) in [5.74, 6) is 0.907. The van der Waals surface area contributed by atoms with E-state index in [2.05, 4.69) is 50.8 Å². The van der Waals surface area contributed by atoms with Crippen LogP contribution < -0.4 is 4.90 Å². The summed E-state index contributed by atoms with van der Waals surface area (Å²) in [6.45, 7) is 1.70. The van der Waals surface area contributed by atoms with Crippen molar-refractivity contribution in [1.29, 1.82) is 0 Å². The molecule has 164 valence electrons. The van der Waals surface area contributed by atoms with Crippen LogP contribution in [0.15, 0.2) is 79.3 Å². The number of anilines is 1. The molecule has 5 rings (SSSR count). The Bertz CT molecular complexity index is 1290. The molecule has 0 aliphatic carbocycles. The van der Waals surface area contributed by atoms with E-state index in [0.717, 1.165) is 48.7 Å². The third-order valence-electron chi connectivity index (χ3n) is 6.36. The highest BCUT2D eigenvalue weighted by Crippen LogP contribution is 2.42. The minimum absolute atomic E-state index is 0.0191. The minimum Gasteiger partial charge on any atom is -0.357 e. The van der Waals surface area contributed by atoms with Gasteiger partial charge in [0.05, 0.1) is 11.4 Å². The molecule has 3 aromatic heterocycles. The average molecular weight is 447 g/mol. The molecule has 1 aliphatic heterocycles. The maximum atomic E-state index is 11.5. The van der Waals surface area contributed by atoms with Crippen molar-refractivity contribution >= 4 is 21.3 Å². The Balaban J connectivity index is 1.43. The van der Waals surface area contributed by atoms with Gasteiger partial charge in [-0.2, -0.15) is 0 Å². The topological polar surface area (TPSA) is 67.6 Å². The first-order chi connectivity index (χ1) is 15.4. The number of sulfone groups is 1. The second-order valence-corrected chi connectivity index (χ2v) is 10.8. The van der Waals surface area contributed by atoms with Crippen LogP contribution in [0.25, 0.3) is 5.65 Å². The van der Waals surface area contributed by atoms with Crippen molar-refractivity contribution in [2.45, 2.75) is 24.0 Å². The summed E-state index contributed by atoms with van der Waals surface area (Å²) in [5.41, 5.74) is 3.92. The SMILES string of the molecule is CS(=O)(=O)Cc1ccc(N2CCC(c3ccccc3)(c3cn4ccccc4n3)CC2)nc1. The molecule has 4 aromatic rings. The smallest absolute Gasteiger partial charge is 0.151 e. The number of benzene rings is 1. The lowest BCUT2D eigenvalue weighted by atomic mass is 9.70. The first-order valence-electron chi connectivity index (χ1n) is 10.8. The van der Waals surface area contributed by atoms with Gasteiger partial charge in [-0.15, -0.1) is 0 Å². The second kappa shape index (κ2) is 8.06. The Kier molecular flexibility index (Phi) is 5.21. The zero-order chi connectivity index (χ0) is 22.2. The van der Waals surface area contributed by atoms with Crippen molar-refractivity contribution in [3.63, 3.8) is 0 Å². The van der Waals surface area contributed by atoms with E-state index in [1.807, 2.05) is 36.5 Å². The van der Waals surface area contributed by atoms with Gasteiger partial charge in [-0.05, 0) is 42.2 Å². The Morgan fingerprint density at radius 3 is 2.38 bits per heavy atom. The fourth-order valence-electron chi connectivity index (χ4n) is 4.72. The van der Waals surface area contributed by atoms with E-state index in [1.165, 1.54) is 11.8 Å². The molecule has 1 aliphatic rings. The van der Waals surface area contributed by atoms with Crippen molar-refractivity contribution in [3.8, 4) is 0 Å². The lowest BCUT2D eigenvalue weighted by Crippen LogP contribution is -2.44. The summed E-state index contributed by atoms with van der Waals surface area (Å²) < 4.78 is 25.2. The lowest BCUT2D eigenvalue weighted by Gasteiger charge is -2.42. The van der Waals surface area contributed by atoms with Gasteiger partial charge < -0.3 is 9.30 Å². The summed E-state index contributed by atoms with van der Waals surface area (Å²) in [4.78, 5) is 11.8. The monoisotopic (exact) mass is 446 g/mol. The molecular formula is C25H26N4O2S. The summed E-state index contributed by atoms with van der Waals surface area (Å²) >= 11 is 0. The van der Waals surface area contributed by atoms with E-state index in [9.17, 15) is 8.42 Å². The fourth-order valence-corrected chi connectivity index (χ4v) is 5.50. The first-order valence-corrected chi connectivity index (χ1v) is 12.9. The van der Waals surface area contributed by atoms with Crippen LogP contribution in [0.3, 0.4) is 0 Å². The molecule has 0 N–H and O–H groups in total.